The van der Waals surface area contributed by atoms with Crippen LogP contribution in [0.1, 0.15) is 16.1 Å². The van der Waals surface area contributed by atoms with Crippen LogP contribution >= 0.6 is 22.6 Å². The van der Waals surface area contributed by atoms with Crippen LogP contribution in [0.4, 0.5) is 4.39 Å². The number of benzene rings is 1. The van der Waals surface area contributed by atoms with Gasteiger partial charge in [0.2, 0.25) is 0 Å². The van der Waals surface area contributed by atoms with Crippen molar-refractivity contribution in [3.05, 3.63) is 63.4 Å². The summed E-state index contributed by atoms with van der Waals surface area (Å²) in [6.07, 6.45) is 2.64. The lowest BCUT2D eigenvalue weighted by atomic mass is 10.2. The molecule has 0 fully saturated rings. The first-order valence-corrected chi connectivity index (χ1v) is 6.92. The zero-order chi connectivity index (χ0) is 15.2. The molecule has 7 heteroatoms. The Morgan fingerprint density at radius 2 is 1.90 bits per heavy atom. The molecule has 0 aliphatic rings. The maximum Gasteiger partial charge on any atom is 0.272 e. The second-order valence-corrected chi connectivity index (χ2v) is 4.96. The summed E-state index contributed by atoms with van der Waals surface area (Å²) in [5.74, 6) is -1.45. The van der Waals surface area contributed by atoms with Crippen molar-refractivity contribution in [1.29, 1.82) is 0 Å². The number of carbonyl (C=O) groups excluding carboxylic acids is 2. The third kappa shape index (κ3) is 4.42. The van der Waals surface area contributed by atoms with Gasteiger partial charge in [-0.1, -0.05) is 12.1 Å². The van der Waals surface area contributed by atoms with Gasteiger partial charge in [-0.05, 0) is 52.9 Å². The van der Waals surface area contributed by atoms with Crippen molar-refractivity contribution < 1.29 is 18.4 Å². The number of amides is 2. The summed E-state index contributed by atoms with van der Waals surface area (Å²) >= 11 is 2.00. The summed E-state index contributed by atoms with van der Waals surface area (Å²) in [5.41, 5.74) is 4.12. The fraction of sp³-hybridized carbons (Fsp3) is 0. The van der Waals surface area contributed by atoms with Gasteiger partial charge in [0.1, 0.15) is 11.6 Å². The van der Waals surface area contributed by atoms with Crippen LogP contribution in [0.3, 0.4) is 0 Å². The summed E-state index contributed by atoms with van der Waals surface area (Å²) in [5, 5.41) is 0. The minimum Gasteiger partial charge on any atom is -0.451 e. The molecule has 0 spiro atoms. The monoisotopic (exact) mass is 400 g/mol. The first-order valence-electron chi connectivity index (χ1n) is 5.84. The normalized spacial score (nSPS) is 10.6. The number of nitrogens with one attached hydrogen (secondary N) is 2. The zero-order valence-corrected chi connectivity index (χ0v) is 12.8. The molecular weight excluding hydrogens is 390 g/mol. The molecule has 0 unspecified atom stereocenters. The number of rotatable bonds is 3. The Balaban J connectivity index is 1.88. The second-order valence-electron chi connectivity index (χ2n) is 3.90. The van der Waals surface area contributed by atoms with E-state index in [2.05, 4.69) is 10.9 Å². The Morgan fingerprint density at radius 3 is 2.57 bits per heavy atom. The lowest BCUT2D eigenvalue weighted by Gasteiger charge is -2.05. The van der Waals surface area contributed by atoms with Crippen molar-refractivity contribution in [1.82, 2.24) is 10.9 Å². The Kier molecular flexibility index (Phi) is 5.09. The molecule has 0 aliphatic carbocycles. The fourth-order valence-electron chi connectivity index (χ4n) is 1.45. The van der Waals surface area contributed by atoms with Crippen molar-refractivity contribution >= 4 is 40.5 Å². The van der Waals surface area contributed by atoms with Crippen LogP contribution in [0, 0.1) is 9.58 Å². The second kappa shape index (κ2) is 7.02. The lowest BCUT2D eigenvalue weighted by molar-refractivity contribution is -0.117. The van der Waals surface area contributed by atoms with Crippen LogP contribution in [0.15, 0.2) is 46.9 Å². The molecule has 21 heavy (non-hydrogen) atoms. The third-order valence-corrected chi connectivity index (χ3v) is 2.99. The first kappa shape index (κ1) is 15.2. The maximum absolute atomic E-state index is 13.3. The van der Waals surface area contributed by atoms with Crippen LogP contribution in [-0.4, -0.2) is 11.8 Å². The van der Waals surface area contributed by atoms with Crippen molar-refractivity contribution in [2.24, 2.45) is 0 Å². The number of furan rings is 1. The van der Waals surface area contributed by atoms with Gasteiger partial charge in [0, 0.05) is 6.08 Å². The average molecular weight is 400 g/mol. The first-order chi connectivity index (χ1) is 10.1. The van der Waals surface area contributed by atoms with Gasteiger partial charge in [-0.25, -0.2) is 4.39 Å². The van der Waals surface area contributed by atoms with E-state index >= 15 is 0 Å². The molecule has 0 atom stereocenters. The van der Waals surface area contributed by atoms with Crippen molar-refractivity contribution in [3.63, 3.8) is 0 Å². The van der Waals surface area contributed by atoms with E-state index in [1.54, 1.807) is 12.1 Å². The minimum atomic E-state index is -0.734. The van der Waals surface area contributed by atoms with E-state index in [9.17, 15) is 14.0 Å². The topological polar surface area (TPSA) is 71.3 Å². The van der Waals surface area contributed by atoms with E-state index in [0.29, 0.717) is 9.53 Å². The molecule has 0 radical (unpaired) electrons. The minimum absolute atomic E-state index is 0.151. The highest BCUT2D eigenvalue weighted by atomic mass is 127. The van der Waals surface area contributed by atoms with Gasteiger partial charge in [0.25, 0.3) is 11.8 Å². The van der Waals surface area contributed by atoms with E-state index in [-0.39, 0.29) is 5.56 Å². The molecule has 108 valence electrons. The number of hydrazine groups is 1. The Hall–Kier alpha value is -2.16. The molecule has 1 heterocycles. The molecule has 0 bridgehead atoms. The Labute approximate surface area is 133 Å². The molecule has 2 aromatic rings. The highest BCUT2D eigenvalue weighted by Gasteiger charge is 2.10. The zero-order valence-electron chi connectivity index (χ0n) is 10.6. The lowest BCUT2D eigenvalue weighted by Crippen LogP contribution is -2.41. The van der Waals surface area contributed by atoms with E-state index in [0.717, 1.165) is 6.07 Å². The maximum atomic E-state index is 13.3. The fourth-order valence-corrected chi connectivity index (χ4v) is 1.88. The molecule has 0 saturated carbocycles. The number of hydrogen-bond donors (Lipinski definition) is 2. The summed E-state index contributed by atoms with van der Waals surface area (Å²) in [6.45, 7) is 0. The van der Waals surface area contributed by atoms with Gasteiger partial charge in [0.15, 0.2) is 3.77 Å². The Bertz CT molecular complexity index is 697. The van der Waals surface area contributed by atoms with Crippen LogP contribution in [0.2, 0.25) is 0 Å². The van der Waals surface area contributed by atoms with Gasteiger partial charge in [-0.2, -0.15) is 0 Å². The number of carbonyl (C=O) groups is 2. The predicted molar refractivity (Wildman–Crippen MR) is 82.5 cm³/mol. The van der Waals surface area contributed by atoms with Gasteiger partial charge in [0.05, 0.1) is 5.56 Å². The van der Waals surface area contributed by atoms with E-state index < -0.39 is 17.6 Å². The molecule has 2 N–H and O–H groups in total. The van der Waals surface area contributed by atoms with Crippen molar-refractivity contribution in [2.45, 2.75) is 0 Å². The SMILES string of the molecule is O=C(/C=C/c1ccc(I)o1)NNC(=O)c1ccccc1F. The standard InChI is InChI=1S/C14H10FIN2O3/c15-11-4-2-1-3-10(11)14(20)18-17-13(19)8-6-9-5-7-12(16)21-9/h1-8H,(H,17,19)(H,18,20)/b8-6+. The molecule has 0 saturated heterocycles. The van der Waals surface area contributed by atoms with Crippen LogP contribution < -0.4 is 10.9 Å². The van der Waals surface area contributed by atoms with Crippen molar-refractivity contribution in [2.75, 3.05) is 0 Å². The van der Waals surface area contributed by atoms with Gasteiger partial charge < -0.3 is 4.42 Å². The summed E-state index contributed by atoms with van der Waals surface area (Å²) in [7, 11) is 0. The van der Waals surface area contributed by atoms with E-state index in [1.807, 2.05) is 22.6 Å². The Morgan fingerprint density at radius 1 is 1.14 bits per heavy atom. The summed E-state index contributed by atoms with van der Waals surface area (Å²) in [6, 6.07) is 8.92. The van der Waals surface area contributed by atoms with E-state index in [1.165, 1.54) is 30.4 Å². The van der Waals surface area contributed by atoms with Crippen molar-refractivity contribution in [3.8, 4) is 0 Å². The van der Waals surface area contributed by atoms with Crippen LogP contribution in [0.5, 0.6) is 0 Å². The van der Waals surface area contributed by atoms with Crippen LogP contribution in [-0.2, 0) is 4.79 Å². The quantitative estimate of drug-likeness (QED) is 0.473. The number of hydrogen-bond acceptors (Lipinski definition) is 3. The molecule has 5 nitrogen and oxygen atoms in total. The van der Waals surface area contributed by atoms with Gasteiger partial charge >= 0.3 is 0 Å². The van der Waals surface area contributed by atoms with E-state index in [4.69, 9.17) is 4.42 Å². The predicted octanol–water partition coefficient (Wildman–Crippen LogP) is 2.50. The largest absolute Gasteiger partial charge is 0.451 e. The summed E-state index contributed by atoms with van der Waals surface area (Å²) < 4.78 is 19.3. The van der Waals surface area contributed by atoms with Gasteiger partial charge in [-0.3, -0.25) is 20.4 Å². The molecule has 2 amide bonds. The number of halogens is 2. The highest BCUT2D eigenvalue weighted by molar-refractivity contribution is 14.1. The summed E-state index contributed by atoms with van der Waals surface area (Å²) in [4.78, 5) is 23.1. The molecule has 0 aliphatic heterocycles. The molecule has 1 aromatic heterocycles. The molecule has 2 rings (SSSR count). The smallest absolute Gasteiger partial charge is 0.272 e. The highest BCUT2D eigenvalue weighted by Crippen LogP contribution is 2.11. The molecule has 1 aromatic carbocycles. The third-order valence-electron chi connectivity index (χ3n) is 2.41. The average Bonchev–Trinajstić information content (AvgIpc) is 2.89. The van der Waals surface area contributed by atoms with Crippen LogP contribution in [0.25, 0.3) is 6.08 Å². The van der Waals surface area contributed by atoms with Gasteiger partial charge in [-0.15, -0.1) is 0 Å². The molecular formula is C14H10FIN2O3.